The summed E-state index contributed by atoms with van der Waals surface area (Å²) < 4.78 is 0. The van der Waals surface area contributed by atoms with Crippen LogP contribution in [0.25, 0.3) is 0 Å². The molecule has 0 N–H and O–H groups in total. The van der Waals surface area contributed by atoms with Crippen molar-refractivity contribution in [2.45, 2.75) is 12.3 Å². The smallest absolute Gasteiger partial charge is 0.0794 e. The molecule has 1 heterocycles. The van der Waals surface area contributed by atoms with Crippen molar-refractivity contribution < 1.29 is 0 Å². The van der Waals surface area contributed by atoms with Gasteiger partial charge in [0.1, 0.15) is 0 Å². The lowest BCUT2D eigenvalue weighted by Crippen LogP contribution is -2.03. The molecule has 0 saturated carbocycles. The lowest BCUT2D eigenvalue weighted by molar-refractivity contribution is 0.775. The first-order chi connectivity index (χ1) is 7.79. The fraction of sp³-hybridized carbons (Fsp3) is 0.250. The molecule has 0 spiro atoms. The Morgan fingerprint density at radius 2 is 2.00 bits per heavy atom. The van der Waals surface area contributed by atoms with Crippen LogP contribution in [0.2, 0.25) is 5.02 Å². The summed E-state index contributed by atoms with van der Waals surface area (Å²) in [6, 6.07) is 7.89. The van der Waals surface area contributed by atoms with Crippen LogP contribution in [0.4, 0.5) is 0 Å². The molecule has 2 aromatic rings. The maximum Gasteiger partial charge on any atom is 0.0794 e. The van der Waals surface area contributed by atoms with Gasteiger partial charge in [0.2, 0.25) is 0 Å². The predicted octanol–water partition coefficient (Wildman–Crippen LogP) is 4.36. The second-order valence-corrected chi connectivity index (χ2v) is 5.29. The number of halogens is 2. The summed E-state index contributed by atoms with van der Waals surface area (Å²) in [6.07, 6.45) is 2.84. The minimum atomic E-state index is 0.333. The van der Waals surface area contributed by atoms with Gasteiger partial charge in [-0.15, -0.1) is 22.9 Å². The summed E-state index contributed by atoms with van der Waals surface area (Å²) in [5.41, 5.74) is 3.08. The molecule has 1 nitrogen and oxygen atoms in total. The number of aromatic nitrogens is 1. The monoisotopic (exact) mass is 271 g/mol. The second kappa shape index (κ2) is 5.67. The summed E-state index contributed by atoms with van der Waals surface area (Å²) in [4.78, 5) is 5.34. The highest BCUT2D eigenvalue weighted by atomic mass is 35.5. The Labute approximate surface area is 109 Å². The summed E-state index contributed by atoms with van der Waals surface area (Å²) >= 11 is 13.5. The van der Waals surface area contributed by atoms with E-state index in [0.29, 0.717) is 11.8 Å². The third kappa shape index (κ3) is 2.97. The van der Waals surface area contributed by atoms with Crippen molar-refractivity contribution in [3.63, 3.8) is 0 Å². The van der Waals surface area contributed by atoms with Crippen LogP contribution in [-0.2, 0) is 6.42 Å². The molecule has 0 fully saturated rings. The highest BCUT2D eigenvalue weighted by Gasteiger charge is 2.12. The maximum atomic E-state index is 6.01. The van der Waals surface area contributed by atoms with Crippen LogP contribution in [0.5, 0.6) is 0 Å². The maximum absolute atomic E-state index is 6.01. The van der Waals surface area contributed by atoms with Crippen molar-refractivity contribution in [2.24, 2.45) is 0 Å². The van der Waals surface area contributed by atoms with Gasteiger partial charge in [-0.3, -0.25) is 4.98 Å². The molecule has 0 aliphatic heterocycles. The molecular formula is C12H11Cl2NS. The van der Waals surface area contributed by atoms with E-state index in [1.807, 2.05) is 36.0 Å². The molecule has 1 aromatic carbocycles. The van der Waals surface area contributed by atoms with Crippen LogP contribution in [0, 0.1) is 0 Å². The number of nitrogens with zero attached hydrogens (tertiary/aromatic N) is 1. The van der Waals surface area contributed by atoms with Crippen LogP contribution in [-0.4, -0.2) is 10.9 Å². The van der Waals surface area contributed by atoms with E-state index >= 15 is 0 Å². The topological polar surface area (TPSA) is 12.9 Å². The third-order valence-corrected chi connectivity index (χ3v) is 3.89. The van der Waals surface area contributed by atoms with Gasteiger partial charge >= 0.3 is 0 Å². The van der Waals surface area contributed by atoms with Gasteiger partial charge in [-0.05, 0) is 24.1 Å². The molecule has 1 unspecified atom stereocenters. The third-order valence-electron chi connectivity index (χ3n) is 2.46. The molecule has 2 rings (SSSR count). The molecule has 0 aliphatic carbocycles. The molecule has 1 atom stereocenters. The lowest BCUT2D eigenvalue weighted by Gasteiger charge is -2.12. The number of hydrogen-bond donors (Lipinski definition) is 0. The molecule has 0 bridgehead atoms. The molecule has 0 aliphatic rings. The van der Waals surface area contributed by atoms with E-state index in [4.69, 9.17) is 23.2 Å². The second-order valence-electron chi connectivity index (χ2n) is 3.57. The summed E-state index contributed by atoms with van der Waals surface area (Å²) in [7, 11) is 0. The average Bonchev–Trinajstić information content (AvgIpc) is 2.80. The number of hydrogen-bond acceptors (Lipinski definition) is 2. The highest BCUT2D eigenvalue weighted by molar-refractivity contribution is 7.09. The molecule has 84 valence electrons. The van der Waals surface area contributed by atoms with Gasteiger partial charge in [0.05, 0.1) is 5.51 Å². The first kappa shape index (κ1) is 11.9. The minimum absolute atomic E-state index is 0.333. The number of rotatable bonds is 4. The van der Waals surface area contributed by atoms with E-state index in [2.05, 4.69) is 4.98 Å². The predicted molar refractivity (Wildman–Crippen MR) is 70.7 cm³/mol. The average molecular weight is 272 g/mol. The highest BCUT2D eigenvalue weighted by Crippen LogP contribution is 2.25. The molecule has 0 radical (unpaired) electrons. The summed E-state index contributed by atoms with van der Waals surface area (Å²) in [5.74, 6) is 0.943. The largest absolute Gasteiger partial charge is 0.253 e. The van der Waals surface area contributed by atoms with Gasteiger partial charge in [-0.1, -0.05) is 23.7 Å². The van der Waals surface area contributed by atoms with E-state index in [-0.39, 0.29) is 0 Å². The van der Waals surface area contributed by atoms with E-state index in [9.17, 15) is 0 Å². The van der Waals surface area contributed by atoms with Gasteiger partial charge in [0.25, 0.3) is 0 Å². The van der Waals surface area contributed by atoms with Gasteiger partial charge in [-0.25, -0.2) is 0 Å². The Balaban J connectivity index is 2.13. The van der Waals surface area contributed by atoms with E-state index < -0.39 is 0 Å². The quantitative estimate of drug-likeness (QED) is 0.753. The first-order valence-corrected chi connectivity index (χ1v) is 6.77. The number of alkyl halides is 1. The Morgan fingerprint density at radius 3 is 2.56 bits per heavy atom. The van der Waals surface area contributed by atoms with Crippen molar-refractivity contribution in [3.8, 4) is 0 Å². The number of thiazole rings is 1. The van der Waals surface area contributed by atoms with Crippen molar-refractivity contribution in [3.05, 3.63) is 51.4 Å². The van der Waals surface area contributed by atoms with Crippen LogP contribution in [0.3, 0.4) is 0 Å². The molecule has 1 aromatic heterocycles. The number of benzene rings is 1. The fourth-order valence-electron chi connectivity index (χ4n) is 1.58. The first-order valence-electron chi connectivity index (χ1n) is 4.98. The van der Waals surface area contributed by atoms with Gasteiger partial charge in [0.15, 0.2) is 0 Å². The van der Waals surface area contributed by atoms with E-state index in [0.717, 1.165) is 11.4 Å². The fourth-order valence-corrected chi connectivity index (χ4v) is 2.67. The zero-order chi connectivity index (χ0) is 11.4. The van der Waals surface area contributed by atoms with Gasteiger partial charge < -0.3 is 0 Å². The molecule has 16 heavy (non-hydrogen) atoms. The standard InChI is InChI=1S/C12H11Cl2NS/c13-6-10(5-12-7-15-8-16-12)9-1-3-11(14)4-2-9/h1-4,7-8,10H,5-6H2. The SMILES string of the molecule is ClCC(Cc1cncs1)c1ccc(Cl)cc1. The normalized spacial score (nSPS) is 12.6. The summed E-state index contributed by atoms with van der Waals surface area (Å²) in [5, 5.41) is 0.759. The molecular weight excluding hydrogens is 261 g/mol. The van der Waals surface area contributed by atoms with E-state index in [1.54, 1.807) is 11.3 Å². The Bertz CT molecular complexity index is 425. The van der Waals surface area contributed by atoms with Crippen LogP contribution in [0.15, 0.2) is 36.0 Å². The van der Waals surface area contributed by atoms with Crippen molar-refractivity contribution >= 4 is 34.5 Å². The molecule has 0 amide bonds. The van der Waals surface area contributed by atoms with Crippen LogP contribution in [0.1, 0.15) is 16.4 Å². The van der Waals surface area contributed by atoms with Gasteiger partial charge in [-0.2, -0.15) is 0 Å². The molecule has 0 saturated heterocycles. The molecule has 4 heteroatoms. The Kier molecular flexibility index (Phi) is 4.22. The van der Waals surface area contributed by atoms with Crippen LogP contribution >= 0.6 is 34.5 Å². The Hall–Kier alpha value is -0.570. The van der Waals surface area contributed by atoms with E-state index in [1.165, 1.54) is 10.4 Å². The zero-order valence-electron chi connectivity index (χ0n) is 8.57. The van der Waals surface area contributed by atoms with Gasteiger partial charge in [0, 0.05) is 27.9 Å². The van der Waals surface area contributed by atoms with Crippen LogP contribution < -0.4 is 0 Å². The zero-order valence-corrected chi connectivity index (χ0v) is 10.9. The van der Waals surface area contributed by atoms with Crippen molar-refractivity contribution in [1.29, 1.82) is 0 Å². The van der Waals surface area contributed by atoms with Crippen molar-refractivity contribution in [2.75, 3.05) is 5.88 Å². The minimum Gasteiger partial charge on any atom is -0.253 e. The lowest BCUT2D eigenvalue weighted by atomic mass is 9.97. The summed E-state index contributed by atoms with van der Waals surface area (Å²) in [6.45, 7) is 0. The van der Waals surface area contributed by atoms with Crippen molar-refractivity contribution in [1.82, 2.24) is 4.98 Å². The Morgan fingerprint density at radius 1 is 1.25 bits per heavy atom.